The SMILES string of the molecule is O=C(NCc1c(F)cc(F)cc1F)c1cn2c(c(O)c1=O)C(=O)N1CCc3ccc(Br)cc3[C@@H]2C1. The molecule has 0 aliphatic carbocycles. The zero-order valence-electron chi connectivity index (χ0n) is 17.9. The summed E-state index contributed by atoms with van der Waals surface area (Å²) in [6.07, 6.45) is 1.76. The first-order valence-corrected chi connectivity index (χ1v) is 11.4. The molecule has 2 aliphatic rings. The summed E-state index contributed by atoms with van der Waals surface area (Å²) in [5, 5.41) is 12.9. The number of aromatic nitrogens is 1. The monoisotopic (exact) mass is 547 g/mol. The molecule has 2 aliphatic heterocycles. The van der Waals surface area contributed by atoms with Gasteiger partial charge in [0.05, 0.1) is 6.04 Å². The number of carbonyl (C=O) groups excluding carboxylic acids is 2. The maximum Gasteiger partial charge on any atom is 0.274 e. The lowest BCUT2D eigenvalue weighted by molar-refractivity contribution is 0.0686. The average Bonchev–Trinajstić information content (AvgIpc) is 2.96. The normalized spacial score (nSPS) is 16.4. The van der Waals surface area contributed by atoms with Gasteiger partial charge in [-0.05, 0) is 29.7 Å². The number of fused-ring (bicyclic) bond motifs is 6. The van der Waals surface area contributed by atoms with Gasteiger partial charge in [-0.15, -0.1) is 0 Å². The van der Waals surface area contributed by atoms with E-state index in [0.29, 0.717) is 25.1 Å². The molecule has 1 atom stereocenters. The zero-order chi connectivity index (χ0) is 25.0. The zero-order valence-corrected chi connectivity index (χ0v) is 19.5. The minimum absolute atomic E-state index is 0.230. The van der Waals surface area contributed by atoms with Crippen LogP contribution in [0.3, 0.4) is 0 Å². The second-order valence-electron chi connectivity index (χ2n) is 8.37. The maximum absolute atomic E-state index is 13.9. The van der Waals surface area contributed by atoms with Crippen molar-refractivity contribution in [2.75, 3.05) is 13.1 Å². The molecule has 2 aromatic carbocycles. The Kier molecular flexibility index (Phi) is 5.66. The van der Waals surface area contributed by atoms with E-state index in [-0.39, 0.29) is 12.2 Å². The quantitative estimate of drug-likeness (QED) is 0.526. The standard InChI is InChI=1S/C24H17BrF3N3O4/c25-12-2-1-11-3-4-30-10-19(14(11)5-12)31-9-16(21(32)22(33)20(31)24(30)35)23(34)29-8-15-17(27)6-13(26)7-18(15)28/h1-2,5-7,9,19,33H,3-4,8,10H2,(H,29,34)/t19-/m0/s1. The molecule has 0 radical (unpaired) electrons. The predicted octanol–water partition coefficient (Wildman–Crippen LogP) is 3.27. The van der Waals surface area contributed by atoms with Gasteiger partial charge in [-0.3, -0.25) is 14.4 Å². The van der Waals surface area contributed by atoms with Gasteiger partial charge in [0.1, 0.15) is 23.0 Å². The van der Waals surface area contributed by atoms with Crippen LogP contribution in [0.2, 0.25) is 0 Å². The second-order valence-corrected chi connectivity index (χ2v) is 9.28. The van der Waals surface area contributed by atoms with Gasteiger partial charge in [-0.25, -0.2) is 13.2 Å². The summed E-state index contributed by atoms with van der Waals surface area (Å²) >= 11 is 3.44. The summed E-state index contributed by atoms with van der Waals surface area (Å²) in [4.78, 5) is 40.3. The third kappa shape index (κ3) is 3.89. The second kappa shape index (κ2) is 8.56. The molecule has 5 rings (SSSR count). The molecule has 0 spiro atoms. The lowest BCUT2D eigenvalue weighted by atomic mass is 9.97. The molecule has 0 saturated heterocycles. The number of benzene rings is 2. The van der Waals surface area contributed by atoms with E-state index < -0.39 is 64.2 Å². The number of aromatic hydroxyl groups is 1. The van der Waals surface area contributed by atoms with Gasteiger partial charge in [0.25, 0.3) is 11.8 Å². The van der Waals surface area contributed by atoms with E-state index in [1.54, 1.807) is 4.90 Å². The fraction of sp³-hybridized carbons (Fsp3) is 0.208. The number of nitrogens with zero attached hydrogens (tertiary/aromatic N) is 2. The molecule has 0 unspecified atom stereocenters. The molecule has 11 heteroatoms. The van der Waals surface area contributed by atoms with Gasteiger partial charge in [0, 0.05) is 48.0 Å². The molecule has 1 aromatic heterocycles. The van der Waals surface area contributed by atoms with Crippen molar-refractivity contribution in [2.24, 2.45) is 0 Å². The van der Waals surface area contributed by atoms with Crippen LogP contribution in [-0.2, 0) is 13.0 Å². The van der Waals surface area contributed by atoms with Crippen LogP contribution in [-0.4, -0.2) is 39.5 Å². The van der Waals surface area contributed by atoms with Crippen molar-refractivity contribution < 1.29 is 27.9 Å². The summed E-state index contributed by atoms with van der Waals surface area (Å²) in [6.45, 7) is 0.00391. The minimum atomic E-state index is -1.20. The highest BCUT2D eigenvalue weighted by molar-refractivity contribution is 9.10. The minimum Gasteiger partial charge on any atom is -0.503 e. The molecule has 7 nitrogen and oxygen atoms in total. The van der Waals surface area contributed by atoms with Crippen LogP contribution < -0.4 is 10.7 Å². The van der Waals surface area contributed by atoms with E-state index in [4.69, 9.17) is 0 Å². The average molecular weight is 548 g/mol. The molecule has 35 heavy (non-hydrogen) atoms. The predicted molar refractivity (Wildman–Crippen MR) is 122 cm³/mol. The van der Waals surface area contributed by atoms with E-state index >= 15 is 0 Å². The van der Waals surface area contributed by atoms with Gasteiger partial charge in [0.2, 0.25) is 5.43 Å². The molecule has 0 saturated carbocycles. The van der Waals surface area contributed by atoms with Gasteiger partial charge < -0.3 is 19.9 Å². The van der Waals surface area contributed by atoms with Crippen LogP contribution >= 0.6 is 15.9 Å². The molecule has 2 amide bonds. The first-order valence-electron chi connectivity index (χ1n) is 10.6. The Morgan fingerprint density at radius 3 is 2.57 bits per heavy atom. The van der Waals surface area contributed by atoms with Crippen LogP contribution in [0, 0.1) is 17.5 Å². The van der Waals surface area contributed by atoms with E-state index in [2.05, 4.69) is 21.2 Å². The fourth-order valence-corrected chi connectivity index (χ4v) is 4.95. The Labute approximate surface area is 204 Å². The Bertz CT molecular complexity index is 1450. The van der Waals surface area contributed by atoms with Crippen LogP contribution in [0.1, 0.15) is 43.6 Å². The third-order valence-electron chi connectivity index (χ3n) is 6.32. The first kappa shape index (κ1) is 23.2. The number of hydrogen-bond acceptors (Lipinski definition) is 4. The van der Waals surface area contributed by atoms with Crippen LogP contribution in [0.25, 0.3) is 0 Å². The Morgan fingerprint density at radius 2 is 1.86 bits per heavy atom. The highest BCUT2D eigenvalue weighted by atomic mass is 79.9. The largest absolute Gasteiger partial charge is 0.503 e. The number of rotatable bonds is 3. The molecule has 2 N–H and O–H groups in total. The molecular formula is C24H17BrF3N3O4. The highest BCUT2D eigenvalue weighted by Gasteiger charge is 2.38. The van der Waals surface area contributed by atoms with Crippen LogP contribution in [0.15, 0.2) is 45.8 Å². The van der Waals surface area contributed by atoms with E-state index in [1.165, 1.54) is 10.8 Å². The first-order chi connectivity index (χ1) is 16.7. The van der Waals surface area contributed by atoms with Crippen molar-refractivity contribution in [3.05, 3.63) is 96.6 Å². The van der Waals surface area contributed by atoms with Crippen molar-refractivity contribution in [3.8, 4) is 5.75 Å². The Hall–Kier alpha value is -3.60. The Morgan fingerprint density at radius 1 is 1.14 bits per heavy atom. The van der Waals surface area contributed by atoms with Crippen LogP contribution in [0.5, 0.6) is 5.75 Å². The smallest absolute Gasteiger partial charge is 0.274 e. The van der Waals surface area contributed by atoms with Gasteiger partial charge in [-0.1, -0.05) is 22.0 Å². The number of pyridine rings is 1. The van der Waals surface area contributed by atoms with Gasteiger partial charge in [-0.2, -0.15) is 0 Å². The lowest BCUT2D eigenvalue weighted by Crippen LogP contribution is -2.45. The summed E-state index contributed by atoms with van der Waals surface area (Å²) in [5.41, 5.74) is -0.567. The molecule has 0 fully saturated rings. The van der Waals surface area contributed by atoms with Crippen molar-refractivity contribution in [3.63, 3.8) is 0 Å². The summed E-state index contributed by atoms with van der Waals surface area (Å²) in [5.74, 6) is -5.93. The third-order valence-corrected chi connectivity index (χ3v) is 6.82. The fourth-order valence-electron chi connectivity index (χ4n) is 4.57. The molecule has 2 bridgehead atoms. The number of nitrogens with one attached hydrogen (secondary N) is 1. The van der Waals surface area contributed by atoms with Crippen LogP contribution in [0.4, 0.5) is 13.2 Å². The Balaban J connectivity index is 1.56. The van der Waals surface area contributed by atoms with E-state index in [9.17, 15) is 32.7 Å². The van der Waals surface area contributed by atoms with E-state index in [1.807, 2.05) is 18.2 Å². The summed E-state index contributed by atoms with van der Waals surface area (Å²) in [7, 11) is 0. The number of amides is 2. The lowest BCUT2D eigenvalue weighted by Gasteiger charge is -2.35. The topological polar surface area (TPSA) is 91.6 Å². The molecule has 180 valence electrons. The number of hydrogen-bond donors (Lipinski definition) is 2. The van der Waals surface area contributed by atoms with Gasteiger partial charge in [0.15, 0.2) is 11.4 Å². The van der Waals surface area contributed by atoms with Gasteiger partial charge >= 0.3 is 0 Å². The summed E-state index contributed by atoms with van der Waals surface area (Å²) in [6, 6.07) is 6.15. The van der Waals surface area contributed by atoms with Crippen molar-refractivity contribution in [2.45, 2.75) is 19.0 Å². The van der Waals surface area contributed by atoms with E-state index in [0.717, 1.165) is 15.6 Å². The number of halogens is 4. The summed E-state index contributed by atoms with van der Waals surface area (Å²) < 4.78 is 43.2. The number of carbonyl (C=O) groups is 2. The molecular weight excluding hydrogens is 531 g/mol. The maximum atomic E-state index is 13.9. The van der Waals surface area contributed by atoms with Crippen molar-refractivity contribution >= 4 is 27.7 Å². The molecule has 3 aromatic rings. The van der Waals surface area contributed by atoms with Crippen molar-refractivity contribution in [1.29, 1.82) is 0 Å². The van der Waals surface area contributed by atoms with Crippen molar-refractivity contribution in [1.82, 2.24) is 14.8 Å². The highest BCUT2D eigenvalue weighted by Crippen LogP contribution is 2.36. The molecule has 3 heterocycles.